The highest BCUT2D eigenvalue weighted by atomic mass is 19.4. The molecule has 0 bridgehead atoms. The number of nitrogens with zero attached hydrogens (tertiary/aromatic N) is 2. The monoisotopic (exact) mass is 503 g/mol. The third-order valence-electron chi connectivity index (χ3n) is 6.86. The molecule has 2 aromatic carbocycles. The van der Waals surface area contributed by atoms with Crippen molar-refractivity contribution in [3.05, 3.63) is 69.7 Å². The van der Waals surface area contributed by atoms with Crippen molar-refractivity contribution in [1.29, 1.82) is 0 Å². The average Bonchev–Trinajstić information content (AvgIpc) is 3.36. The van der Waals surface area contributed by atoms with Gasteiger partial charge in [-0.3, -0.25) is 14.7 Å². The first-order chi connectivity index (χ1) is 17.1. The predicted octanol–water partition coefficient (Wildman–Crippen LogP) is 4.20. The van der Waals surface area contributed by atoms with Gasteiger partial charge < -0.3 is 14.1 Å². The van der Waals surface area contributed by atoms with Crippen LogP contribution < -0.4 is 5.76 Å². The van der Waals surface area contributed by atoms with Crippen LogP contribution in [0.15, 0.2) is 51.7 Å². The van der Waals surface area contributed by atoms with Gasteiger partial charge in [0.25, 0.3) is 0 Å². The fourth-order valence-corrected chi connectivity index (χ4v) is 4.80. The van der Waals surface area contributed by atoms with Crippen molar-refractivity contribution in [3.63, 3.8) is 0 Å². The molecule has 2 saturated heterocycles. The Morgan fingerprint density at radius 3 is 2.47 bits per heavy atom. The molecule has 2 aliphatic heterocycles. The summed E-state index contributed by atoms with van der Waals surface area (Å²) in [4.78, 5) is 42.6. The number of piperidine rings is 1. The van der Waals surface area contributed by atoms with E-state index < -0.39 is 29.2 Å². The van der Waals surface area contributed by atoms with Gasteiger partial charge >= 0.3 is 18.0 Å². The van der Waals surface area contributed by atoms with Crippen LogP contribution in [-0.4, -0.2) is 58.4 Å². The first kappa shape index (κ1) is 24.1. The number of benzene rings is 2. The van der Waals surface area contributed by atoms with Gasteiger partial charge in [0.15, 0.2) is 11.4 Å². The number of hydrogen-bond acceptors (Lipinski definition) is 6. The maximum absolute atomic E-state index is 12.8. The van der Waals surface area contributed by atoms with Gasteiger partial charge in [-0.25, -0.2) is 9.59 Å². The normalized spacial score (nSPS) is 18.2. The van der Waals surface area contributed by atoms with Crippen LogP contribution in [0.25, 0.3) is 11.1 Å². The van der Waals surface area contributed by atoms with E-state index in [1.54, 1.807) is 18.2 Å². The quantitative estimate of drug-likeness (QED) is 0.507. The number of carbonyl (C=O) groups is 2. The predicted molar refractivity (Wildman–Crippen MR) is 123 cm³/mol. The smallest absolute Gasteiger partial charge is 0.417 e. The number of hydrogen-bond donors (Lipinski definition) is 1. The second kappa shape index (κ2) is 9.12. The van der Waals surface area contributed by atoms with E-state index in [1.807, 2.05) is 0 Å². The minimum Gasteiger partial charge on any atom is -0.441 e. The third kappa shape index (κ3) is 5.01. The molecule has 1 N–H and O–H groups in total. The van der Waals surface area contributed by atoms with Crippen molar-refractivity contribution >= 4 is 23.0 Å². The van der Waals surface area contributed by atoms with Crippen molar-refractivity contribution in [2.24, 2.45) is 0 Å². The molecule has 0 radical (unpaired) electrons. The summed E-state index contributed by atoms with van der Waals surface area (Å²) in [7, 11) is 0. The Morgan fingerprint density at radius 2 is 1.78 bits per heavy atom. The molecule has 2 fully saturated rings. The Balaban J connectivity index is 1.12. The average molecular weight is 503 g/mol. The Morgan fingerprint density at radius 1 is 1.06 bits per heavy atom. The Labute approximate surface area is 203 Å². The van der Waals surface area contributed by atoms with Gasteiger partial charge in [0.1, 0.15) is 5.60 Å². The molecule has 1 aromatic heterocycles. The second-order valence-electron chi connectivity index (χ2n) is 9.34. The number of likely N-dealkylation sites (tertiary alicyclic amines) is 1. The highest BCUT2D eigenvalue weighted by molar-refractivity contribution is 5.98. The van der Waals surface area contributed by atoms with Crippen LogP contribution in [0.2, 0.25) is 0 Å². The highest BCUT2D eigenvalue weighted by Crippen LogP contribution is 2.34. The zero-order valence-electron chi connectivity index (χ0n) is 19.3. The summed E-state index contributed by atoms with van der Waals surface area (Å²) in [6.07, 6.45) is -3.35. The number of aromatic amines is 1. The van der Waals surface area contributed by atoms with Crippen LogP contribution in [0.5, 0.6) is 0 Å². The highest BCUT2D eigenvalue weighted by Gasteiger charge is 2.46. The van der Waals surface area contributed by atoms with E-state index in [2.05, 4.69) is 9.88 Å². The molecule has 2 aliphatic rings. The van der Waals surface area contributed by atoms with Gasteiger partial charge in [-0.15, -0.1) is 0 Å². The van der Waals surface area contributed by atoms with Gasteiger partial charge in [-0.1, -0.05) is 12.1 Å². The van der Waals surface area contributed by atoms with Crippen LogP contribution in [0.1, 0.15) is 40.7 Å². The van der Waals surface area contributed by atoms with Gasteiger partial charge in [0.05, 0.1) is 17.6 Å². The van der Waals surface area contributed by atoms with Gasteiger partial charge in [0, 0.05) is 51.0 Å². The number of H-pyrrole nitrogens is 1. The van der Waals surface area contributed by atoms with E-state index in [0.717, 1.165) is 12.1 Å². The van der Waals surface area contributed by atoms with Crippen molar-refractivity contribution in [2.45, 2.75) is 37.6 Å². The van der Waals surface area contributed by atoms with Gasteiger partial charge in [-0.05, 0) is 35.9 Å². The fourth-order valence-electron chi connectivity index (χ4n) is 4.80. The minimum absolute atomic E-state index is 0.0592. The topological polar surface area (TPSA) is 95.9 Å². The number of oxazole rings is 1. The number of ketones is 1. The lowest BCUT2D eigenvalue weighted by Gasteiger charge is -2.37. The number of halogens is 3. The number of carbonyl (C=O) groups excluding carboxylic acids is 2. The SMILES string of the molecule is O=C(CCN1CCC2(CC1)CN(Cc1ccc(C(F)(F)F)cc1)C(=O)O2)c1ccc2[nH]c(=O)oc2c1. The maximum atomic E-state index is 12.8. The molecule has 1 spiro atoms. The zero-order valence-corrected chi connectivity index (χ0v) is 19.3. The molecule has 0 aliphatic carbocycles. The van der Waals surface area contributed by atoms with Crippen LogP contribution in [-0.2, 0) is 17.5 Å². The Bertz CT molecular complexity index is 1340. The molecule has 0 unspecified atom stereocenters. The summed E-state index contributed by atoms with van der Waals surface area (Å²) in [5, 5.41) is 0. The van der Waals surface area contributed by atoms with E-state index in [9.17, 15) is 27.6 Å². The molecule has 36 heavy (non-hydrogen) atoms. The number of fused-ring (bicyclic) bond motifs is 1. The van der Waals surface area contributed by atoms with Crippen LogP contribution in [0, 0.1) is 0 Å². The molecular weight excluding hydrogens is 479 g/mol. The van der Waals surface area contributed by atoms with Crippen molar-refractivity contribution < 1.29 is 31.9 Å². The van der Waals surface area contributed by atoms with Gasteiger partial charge in [-0.2, -0.15) is 13.2 Å². The van der Waals surface area contributed by atoms with Crippen molar-refractivity contribution in [1.82, 2.24) is 14.8 Å². The van der Waals surface area contributed by atoms with E-state index in [4.69, 9.17) is 9.15 Å². The summed E-state index contributed by atoms with van der Waals surface area (Å²) < 4.78 is 49.1. The third-order valence-corrected chi connectivity index (χ3v) is 6.86. The molecule has 11 heteroatoms. The second-order valence-corrected chi connectivity index (χ2v) is 9.34. The van der Waals surface area contributed by atoms with Gasteiger partial charge in [0.2, 0.25) is 0 Å². The lowest BCUT2D eigenvalue weighted by Crippen LogP contribution is -2.47. The maximum Gasteiger partial charge on any atom is 0.417 e. The first-order valence-corrected chi connectivity index (χ1v) is 11.6. The van der Waals surface area contributed by atoms with Crippen molar-refractivity contribution in [2.75, 3.05) is 26.2 Å². The number of ether oxygens (including phenoxy) is 1. The van der Waals surface area contributed by atoms with E-state index >= 15 is 0 Å². The molecule has 190 valence electrons. The zero-order chi connectivity index (χ0) is 25.5. The van der Waals surface area contributed by atoms with Crippen molar-refractivity contribution in [3.8, 4) is 0 Å². The Kier molecular flexibility index (Phi) is 6.11. The summed E-state index contributed by atoms with van der Waals surface area (Å²) in [6, 6.07) is 9.64. The molecule has 0 atom stereocenters. The molecule has 8 nitrogen and oxygen atoms in total. The fraction of sp³-hybridized carbons (Fsp3) is 0.400. The van der Waals surface area contributed by atoms with E-state index in [-0.39, 0.29) is 12.3 Å². The minimum atomic E-state index is -4.40. The molecule has 3 aromatic rings. The van der Waals surface area contributed by atoms with E-state index in [0.29, 0.717) is 67.7 Å². The molecule has 0 saturated carbocycles. The standard InChI is InChI=1S/C25H24F3N3O5/c26-25(27,28)18-4-1-16(2-5-18)14-31-15-24(36-23(31)34)8-11-30(12-9-24)10-7-20(32)17-3-6-19-21(13-17)35-22(33)29-19/h1-6,13H,7-12,14-15H2,(H,29,33). The number of nitrogens with one attached hydrogen (secondary N) is 1. The number of Topliss-reactive ketones (excluding diaryl/α,β-unsaturated/α-hetero) is 1. The number of rotatable bonds is 6. The summed E-state index contributed by atoms with van der Waals surface area (Å²) in [6.45, 7) is 2.41. The summed E-state index contributed by atoms with van der Waals surface area (Å²) >= 11 is 0. The van der Waals surface area contributed by atoms with E-state index in [1.165, 1.54) is 17.0 Å². The largest absolute Gasteiger partial charge is 0.441 e. The number of alkyl halides is 3. The molecule has 1 amide bonds. The van der Waals surface area contributed by atoms with Crippen LogP contribution in [0.3, 0.4) is 0 Å². The molecular formula is C25H24F3N3O5. The Hall–Kier alpha value is -3.60. The summed E-state index contributed by atoms with van der Waals surface area (Å²) in [5.41, 5.74) is 0.605. The molecule has 3 heterocycles. The number of amides is 1. The lowest BCUT2D eigenvalue weighted by atomic mass is 9.91. The first-order valence-electron chi connectivity index (χ1n) is 11.6. The molecule has 5 rings (SSSR count). The van der Waals surface area contributed by atoms with Crippen LogP contribution >= 0.6 is 0 Å². The number of aromatic nitrogens is 1. The lowest BCUT2D eigenvalue weighted by molar-refractivity contribution is -0.137. The van der Waals surface area contributed by atoms with Crippen LogP contribution in [0.4, 0.5) is 18.0 Å². The summed E-state index contributed by atoms with van der Waals surface area (Å²) in [5.74, 6) is -0.626.